The zero-order valence-corrected chi connectivity index (χ0v) is 14.4. The highest BCUT2D eigenvalue weighted by atomic mass is 35.5. The lowest BCUT2D eigenvalue weighted by molar-refractivity contribution is -0.126. The molecule has 0 radical (unpaired) electrons. The maximum atomic E-state index is 11.9. The molecule has 0 bridgehead atoms. The summed E-state index contributed by atoms with van der Waals surface area (Å²) in [5, 5.41) is 1.70. The van der Waals surface area contributed by atoms with Crippen LogP contribution in [0, 0.1) is 0 Å². The van der Waals surface area contributed by atoms with Crippen molar-refractivity contribution in [2.45, 2.75) is 6.92 Å². The van der Waals surface area contributed by atoms with E-state index in [2.05, 4.69) is 5.43 Å². The number of methoxy groups -OCH3 is 2. The minimum Gasteiger partial charge on any atom is -0.496 e. The normalized spacial score (nSPS) is 10.2. The van der Waals surface area contributed by atoms with E-state index < -0.39 is 5.97 Å². The molecular weight excluding hydrogens is 336 g/mol. The van der Waals surface area contributed by atoms with E-state index in [0.717, 1.165) is 0 Å². The van der Waals surface area contributed by atoms with Gasteiger partial charge in [-0.05, 0) is 18.2 Å². The molecule has 1 aromatic carbocycles. The minimum atomic E-state index is -0.679. The molecule has 0 atom stereocenters. The second-order valence-corrected chi connectivity index (χ2v) is 5.32. The first kappa shape index (κ1) is 17.7. The Labute approximate surface area is 144 Å². The molecule has 0 aliphatic heterocycles. The molecule has 0 fully saturated rings. The average Bonchev–Trinajstić information content (AvgIpc) is 2.97. The van der Waals surface area contributed by atoms with Crippen molar-refractivity contribution in [1.82, 2.24) is 5.01 Å². The summed E-state index contributed by atoms with van der Waals surface area (Å²) in [6, 6.07) is 6.59. The number of ether oxygens (including phenoxy) is 2. The Balaban J connectivity index is 2.53. The highest BCUT2D eigenvalue weighted by Gasteiger charge is 2.23. The van der Waals surface area contributed by atoms with Crippen LogP contribution in [0.15, 0.2) is 28.7 Å². The van der Waals surface area contributed by atoms with Crippen LogP contribution < -0.4 is 10.2 Å². The van der Waals surface area contributed by atoms with Gasteiger partial charge in [-0.25, -0.2) is 4.79 Å². The first-order valence-electron chi connectivity index (χ1n) is 6.94. The second-order valence-electron chi connectivity index (χ2n) is 4.88. The Kier molecular flexibility index (Phi) is 5.35. The van der Waals surface area contributed by atoms with E-state index in [1.165, 1.54) is 33.2 Å². The highest BCUT2D eigenvalue weighted by molar-refractivity contribution is 6.31. The van der Waals surface area contributed by atoms with Crippen LogP contribution in [0.2, 0.25) is 5.02 Å². The molecule has 1 amide bonds. The molecule has 2 rings (SSSR count). The van der Waals surface area contributed by atoms with Gasteiger partial charge < -0.3 is 13.9 Å². The zero-order chi connectivity index (χ0) is 17.9. The first-order valence-corrected chi connectivity index (χ1v) is 7.32. The van der Waals surface area contributed by atoms with Gasteiger partial charge in [0.1, 0.15) is 17.2 Å². The molecule has 0 saturated heterocycles. The number of nitrogens with one attached hydrogen (secondary N) is 1. The van der Waals surface area contributed by atoms with Crippen LogP contribution in [0.5, 0.6) is 5.75 Å². The lowest BCUT2D eigenvalue weighted by atomic mass is 10.1. The molecule has 1 aromatic heterocycles. The largest absolute Gasteiger partial charge is 0.496 e. The standard InChI is InChI=1S/C16H17ClN2O5/c1-9(20)19(2)18-12-8-14(24-15(12)16(21)23-4)11-7-10(17)5-6-13(11)22-3/h5-8,18H,1-4H3. The zero-order valence-electron chi connectivity index (χ0n) is 13.7. The number of hydrogen-bond acceptors (Lipinski definition) is 6. The van der Waals surface area contributed by atoms with Crippen molar-refractivity contribution >= 4 is 29.2 Å². The van der Waals surface area contributed by atoms with E-state index in [0.29, 0.717) is 22.1 Å². The number of halogens is 1. The van der Waals surface area contributed by atoms with Crippen LogP contribution >= 0.6 is 11.6 Å². The Hall–Kier alpha value is -2.67. The molecule has 0 unspecified atom stereocenters. The molecule has 128 valence electrons. The number of nitrogens with zero attached hydrogens (tertiary/aromatic N) is 1. The summed E-state index contributed by atoms with van der Waals surface area (Å²) in [5.74, 6) is -0.122. The topological polar surface area (TPSA) is 81.0 Å². The number of hydrazine groups is 1. The number of furan rings is 1. The van der Waals surface area contributed by atoms with Gasteiger partial charge >= 0.3 is 5.97 Å². The van der Waals surface area contributed by atoms with Crippen LogP contribution in [-0.4, -0.2) is 38.2 Å². The fraction of sp³-hybridized carbons (Fsp3) is 0.250. The Morgan fingerprint density at radius 1 is 1.25 bits per heavy atom. The molecule has 0 aliphatic rings. The van der Waals surface area contributed by atoms with Gasteiger partial charge in [0.05, 0.1) is 19.8 Å². The number of carbonyl (C=O) groups excluding carboxylic acids is 2. The second kappa shape index (κ2) is 7.27. The molecular formula is C16H17ClN2O5. The first-order chi connectivity index (χ1) is 11.4. The smallest absolute Gasteiger partial charge is 0.376 e. The van der Waals surface area contributed by atoms with Crippen molar-refractivity contribution in [3.8, 4) is 17.1 Å². The Bertz CT molecular complexity index is 772. The van der Waals surface area contributed by atoms with Crippen molar-refractivity contribution in [2.24, 2.45) is 0 Å². The van der Waals surface area contributed by atoms with Crippen molar-refractivity contribution in [3.05, 3.63) is 35.0 Å². The third-order valence-electron chi connectivity index (χ3n) is 3.29. The predicted octanol–water partition coefficient (Wildman–Crippen LogP) is 3.20. The molecule has 2 aromatic rings. The summed E-state index contributed by atoms with van der Waals surface area (Å²) < 4.78 is 15.6. The van der Waals surface area contributed by atoms with E-state index in [1.54, 1.807) is 24.3 Å². The van der Waals surface area contributed by atoms with Gasteiger partial charge in [-0.15, -0.1) is 0 Å². The molecule has 8 heteroatoms. The van der Waals surface area contributed by atoms with E-state index in [4.69, 9.17) is 25.5 Å². The highest BCUT2D eigenvalue weighted by Crippen LogP contribution is 2.37. The third-order valence-corrected chi connectivity index (χ3v) is 3.53. The van der Waals surface area contributed by atoms with E-state index in [-0.39, 0.29) is 17.4 Å². The van der Waals surface area contributed by atoms with Gasteiger partial charge in [0.2, 0.25) is 11.7 Å². The van der Waals surface area contributed by atoms with E-state index >= 15 is 0 Å². The fourth-order valence-corrected chi connectivity index (χ4v) is 2.16. The number of esters is 1. The molecule has 0 aliphatic carbocycles. The van der Waals surface area contributed by atoms with E-state index in [9.17, 15) is 9.59 Å². The SMILES string of the molecule is COC(=O)c1oc(-c2cc(Cl)ccc2OC)cc1NN(C)C(C)=O. The average molecular weight is 353 g/mol. The van der Waals surface area contributed by atoms with Crippen LogP contribution in [0.25, 0.3) is 11.3 Å². The lowest BCUT2D eigenvalue weighted by Crippen LogP contribution is -2.30. The van der Waals surface area contributed by atoms with Gasteiger partial charge in [-0.2, -0.15) is 0 Å². The number of anilines is 1. The van der Waals surface area contributed by atoms with Gasteiger partial charge in [-0.3, -0.25) is 15.2 Å². The minimum absolute atomic E-state index is 0.0670. The summed E-state index contributed by atoms with van der Waals surface area (Å²) in [4.78, 5) is 23.3. The van der Waals surface area contributed by atoms with Gasteiger partial charge in [0.15, 0.2) is 0 Å². The Morgan fingerprint density at radius 2 is 1.96 bits per heavy atom. The fourth-order valence-electron chi connectivity index (χ4n) is 1.98. The molecule has 0 saturated carbocycles. The van der Waals surface area contributed by atoms with Gasteiger partial charge in [0, 0.05) is 25.1 Å². The number of benzene rings is 1. The summed E-state index contributed by atoms with van der Waals surface area (Å²) in [6.07, 6.45) is 0. The van der Waals surface area contributed by atoms with Crippen LogP contribution in [-0.2, 0) is 9.53 Å². The molecule has 0 spiro atoms. The van der Waals surface area contributed by atoms with Crippen LogP contribution in [0.4, 0.5) is 5.69 Å². The van der Waals surface area contributed by atoms with Crippen molar-refractivity contribution in [3.63, 3.8) is 0 Å². The van der Waals surface area contributed by atoms with Crippen molar-refractivity contribution in [2.75, 3.05) is 26.7 Å². The molecule has 7 nitrogen and oxygen atoms in total. The van der Waals surface area contributed by atoms with Crippen molar-refractivity contribution in [1.29, 1.82) is 0 Å². The van der Waals surface area contributed by atoms with Crippen molar-refractivity contribution < 1.29 is 23.5 Å². The number of carbonyl (C=O) groups is 2. The summed E-state index contributed by atoms with van der Waals surface area (Å²) in [5.41, 5.74) is 3.63. The maximum Gasteiger partial charge on any atom is 0.376 e. The molecule has 1 heterocycles. The summed E-state index contributed by atoms with van der Waals surface area (Å²) >= 11 is 6.03. The van der Waals surface area contributed by atoms with Crippen LogP contribution in [0.1, 0.15) is 17.5 Å². The summed E-state index contributed by atoms with van der Waals surface area (Å²) in [6.45, 7) is 1.38. The maximum absolute atomic E-state index is 11.9. The quantitative estimate of drug-likeness (QED) is 0.657. The van der Waals surface area contributed by atoms with Crippen LogP contribution in [0.3, 0.4) is 0 Å². The van der Waals surface area contributed by atoms with Gasteiger partial charge in [0.25, 0.3) is 0 Å². The number of hydrogen-bond donors (Lipinski definition) is 1. The monoisotopic (exact) mass is 352 g/mol. The third kappa shape index (κ3) is 3.62. The number of rotatable bonds is 5. The summed E-state index contributed by atoms with van der Waals surface area (Å²) in [7, 11) is 4.28. The molecule has 24 heavy (non-hydrogen) atoms. The van der Waals surface area contributed by atoms with E-state index in [1.807, 2.05) is 0 Å². The Morgan fingerprint density at radius 3 is 2.54 bits per heavy atom. The number of amides is 1. The lowest BCUT2D eigenvalue weighted by Gasteiger charge is -2.16. The molecule has 1 N–H and O–H groups in total. The van der Waals surface area contributed by atoms with Gasteiger partial charge in [-0.1, -0.05) is 11.6 Å². The predicted molar refractivity (Wildman–Crippen MR) is 89.1 cm³/mol.